The van der Waals surface area contributed by atoms with E-state index in [1.807, 2.05) is 41.8 Å². The molecule has 1 atom stereocenters. The van der Waals surface area contributed by atoms with Crippen LogP contribution in [0.15, 0.2) is 66.3 Å². The highest BCUT2D eigenvalue weighted by molar-refractivity contribution is 7.98. The summed E-state index contributed by atoms with van der Waals surface area (Å²) in [5.74, 6) is 1.60. The van der Waals surface area contributed by atoms with Gasteiger partial charge in [-0.25, -0.2) is 0 Å². The Morgan fingerprint density at radius 2 is 1.87 bits per heavy atom. The maximum atomic E-state index is 12.9. The van der Waals surface area contributed by atoms with Gasteiger partial charge < -0.3 is 9.88 Å². The molecule has 0 fully saturated rings. The molecule has 1 N–H and O–H groups in total. The van der Waals surface area contributed by atoms with E-state index in [0.29, 0.717) is 12.1 Å². The van der Waals surface area contributed by atoms with Gasteiger partial charge in [0.2, 0.25) is 0 Å². The Labute approximate surface area is 189 Å². The smallest absolute Gasteiger partial charge is 0.251 e. The first-order valence-electron chi connectivity index (χ1n) is 10.5. The number of allylic oxidation sites excluding steroid dienone is 1. The highest BCUT2D eigenvalue weighted by atomic mass is 32.2. The normalized spacial score (nSPS) is 12.0. The molecule has 2 aromatic carbocycles. The van der Waals surface area contributed by atoms with Crippen LogP contribution in [0.4, 0.5) is 0 Å². The highest BCUT2D eigenvalue weighted by Gasteiger charge is 2.26. The molecule has 3 aromatic rings. The summed E-state index contributed by atoms with van der Waals surface area (Å²) in [6.07, 6.45) is 1.84. The predicted octanol–water partition coefficient (Wildman–Crippen LogP) is 5.50. The summed E-state index contributed by atoms with van der Waals surface area (Å²) in [6.45, 7) is 12.7. The molecule has 0 radical (unpaired) electrons. The van der Waals surface area contributed by atoms with E-state index in [-0.39, 0.29) is 17.9 Å². The van der Waals surface area contributed by atoms with Crippen LogP contribution in [0.5, 0.6) is 0 Å². The van der Waals surface area contributed by atoms with Crippen molar-refractivity contribution in [2.24, 2.45) is 5.92 Å². The molecule has 0 aliphatic heterocycles. The molecule has 1 unspecified atom stereocenters. The van der Waals surface area contributed by atoms with Crippen molar-refractivity contribution >= 4 is 17.7 Å². The summed E-state index contributed by atoms with van der Waals surface area (Å²) in [5, 5.41) is 12.9. The van der Waals surface area contributed by atoms with Crippen molar-refractivity contribution in [2.75, 3.05) is 0 Å². The van der Waals surface area contributed by atoms with Crippen LogP contribution in [0.3, 0.4) is 0 Å². The molecule has 6 heteroatoms. The lowest BCUT2D eigenvalue weighted by molar-refractivity contribution is 0.0922. The Bertz CT molecular complexity index is 1040. The standard InChI is InChI=1S/C25H30N4OS/c1-6-14-29-23(27-28-25(29)31-16-20-12-10-18(4)11-13-20)22(17(2)3)26-24(30)21-9-7-8-19(5)15-21/h6-13,15,17,22H,1,14,16H2,2-5H3,(H,26,30). The van der Waals surface area contributed by atoms with Crippen LogP contribution >= 0.6 is 11.8 Å². The van der Waals surface area contributed by atoms with Gasteiger partial charge in [0.15, 0.2) is 11.0 Å². The minimum Gasteiger partial charge on any atom is -0.342 e. The summed E-state index contributed by atoms with van der Waals surface area (Å²) in [6, 6.07) is 15.9. The Balaban J connectivity index is 1.83. The van der Waals surface area contributed by atoms with Gasteiger partial charge in [0.05, 0.1) is 6.04 Å². The van der Waals surface area contributed by atoms with Gasteiger partial charge in [-0.05, 0) is 37.5 Å². The lowest BCUT2D eigenvalue weighted by Crippen LogP contribution is -2.33. The average Bonchev–Trinajstić information content (AvgIpc) is 3.13. The molecule has 0 spiro atoms. The van der Waals surface area contributed by atoms with E-state index in [1.54, 1.807) is 11.8 Å². The number of nitrogens with one attached hydrogen (secondary N) is 1. The predicted molar refractivity (Wildman–Crippen MR) is 127 cm³/mol. The number of carbonyl (C=O) groups is 1. The number of aromatic nitrogens is 3. The van der Waals surface area contributed by atoms with Crippen molar-refractivity contribution in [1.82, 2.24) is 20.1 Å². The Kier molecular flexibility index (Phi) is 7.69. The molecule has 5 nitrogen and oxygen atoms in total. The van der Waals surface area contributed by atoms with Gasteiger partial charge in [0.1, 0.15) is 0 Å². The van der Waals surface area contributed by atoms with Crippen LogP contribution in [0, 0.1) is 19.8 Å². The second kappa shape index (κ2) is 10.4. The van der Waals surface area contributed by atoms with E-state index in [4.69, 9.17) is 0 Å². The van der Waals surface area contributed by atoms with E-state index in [0.717, 1.165) is 22.3 Å². The number of amides is 1. The zero-order valence-electron chi connectivity index (χ0n) is 18.6. The van der Waals surface area contributed by atoms with Crippen molar-refractivity contribution in [3.05, 3.63) is 89.3 Å². The summed E-state index contributed by atoms with van der Waals surface area (Å²) >= 11 is 1.64. The molecule has 3 rings (SSSR count). The Morgan fingerprint density at radius 3 is 2.52 bits per heavy atom. The van der Waals surface area contributed by atoms with Crippen molar-refractivity contribution < 1.29 is 4.79 Å². The van der Waals surface area contributed by atoms with Crippen LogP contribution in [-0.4, -0.2) is 20.7 Å². The SMILES string of the molecule is C=CCn1c(SCc2ccc(C)cc2)nnc1C(NC(=O)c1cccc(C)c1)C(C)C. The van der Waals surface area contributed by atoms with Gasteiger partial charge in [0, 0.05) is 17.9 Å². The van der Waals surface area contributed by atoms with Crippen LogP contribution < -0.4 is 5.32 Å². The molecule has 0 aliphatic carbocycles. The summed E-state index contributed by atoms with van der Waals surface area (Å²) in [5.41, 5.74) is 4.18. The summed E-state index contributed by atoms with van der Waals surface area (Å²) in [7, 11) is 0. The van der Waals surface area contributed by atoms with Gasteiger partial charge in [0.25, 0.3) is 5.91 Å². The number of thioether (sulfide) groups is 1. The number of carbonyl (C=O) groups excluding carboxylic acids is 1. The van der Waals surface area contributed by atoms with Crippen molar-refractivity contribution in [3.8, 4) is 0 Å². The number of hydrogen-bond donors (Lipinski definition) is 1. The third-order valence-corrected chi connectivity index (χ3v) is 6.10. The van der Waals surface area contributed by atoms with E-state index in [1.165, 1.54) is 11.1 Å². The first-order valence-corrected chi connectivity index (χ1v) is 11.5. The number of rotatable bonds is 9. The Morgan fingerprint density at radius 1 is 1.13 bits per heavy atom. The molecule has 1 amide bonds. The molecule has 0 bridgehead atoms. The largest absolute Gasteiger partial charge is 0.342 e. The molecule has 1 aromatic heterocycles. The fourth-order valence-corrected chi connectivity index (χ4v) is 4.22. The van der Waals surface area contributed by atoms with Crippen LogP contribution in [0.1, 0.15) is 52.8 Å². The van der Waals surface area contributed by atoms with Gasteiger partial charge in [-0.15, -0.1) is 16.8 Å². The number of benzene rings is 2. The third-order valence-electron chi connectivity index (χ3n) is 5.06. The van der Waals surface area contributed by atoms with E-state index in [2.05, 4.69) is 67.1 Å². The van der Waals surface area contributed by atoms with Crippen LogP contribution in [0.25, 0.3) is 0 Å². The number of nitrogens with zero attached hydrogens (tertiary/aromatic N) is 3. The van der Waals surface area contributed by atoms with Crippen molar-refractivity contribution in [3.63, 3.8) is 0 Å². The van der Waals surface area contributed by atoms with Gasteiger partial charge in [-0.2, -0.15) is 0 Å². The lowest BCUT2D eigenvalue weighted by Gasteiger charge is -2.22. The molecule has 162 valence electrons. The monoisotopic (exact) mass is 434 g/mol. The molecule has 0 saturated heterocycles. The highest BCUT2D eigenvalue weighted by Crippen LogP contribution is 2.27. The maximum Gasteiger partial charge on any atom is 0.251 e. The Hall–Kier alpha value is -2.86. The fraction of sp³-hybridized carbons (Fsp3) is 0.320. The van der Waals surface area contributed by atoms with Crippen LogP contribution in [0.2, 0.25) is 0 Å². The molecule has 0 saturated carbocycles. The minimum atomic E-state index is -0.255. The second-order valence-corrected chi connectivity index (χ2v) is 9.02. The van der Waals surface area contributed by atoms with E-state index in [9.17, 15) is 4.79 Å². The molecule has 0 aliphatic rings. The number of hydrogen-bond acceptors (Lipinski definition) is 4. The van der Waals surface area contributed by atoms with Gasteiger partial charge >= 0.3 is 0 Å². The molecule has 1 heterocycles. The number of aryl methyl sites for hydroxylation is 2. The summed E-state index contributed by atoms with van der Waals surface area (Å²) < 4.78 is 2.05. The van der Waals surface area contributed by atoms with E-state index < -0.39 is 0 Å². The lowest BCUT2D eigenvalue weighted by atomic mass is 10.0. The third kappa shape index (κ3) is 5.85. The molecular weight excluding hydrogens is 404 g/mol. The van der Waals surface area contributed by atoms with Crippen molar-refractivity contribution in [1.29, 1.82) is 0 Å². The van der Waals surface area contributed by atoms with Gasteiger partial charge in [-0.1, -0.05) is 79.2 Å². The second-order valence-electron chi connectivity index (χ2n) is 8.08. The zero-order valence-corrected chi connectivity index (χ0v) is 19.4. The van der Waals surface area contributed by atoms with Crippen molar-refractivity contribution in [2.45, 2.75) is 51.2 Å². The minimum absolute atomic E-state index is 0.107. The van der Waals surface area contributed by atoms with Gasteiger partial charge in [-0.3, -0.25) is 4.79 Å². The molecular formula is C25H30N4OS. The summed E-state index contributed by atoms with van der Waals surface area (Å²) in [4.78, 5) is 12.9. The fourth-order valence-electron chi connectivity index (χ4n) is 3.31. The van der Waals surface area contributed by atoms with E-state index >= 15 is 0 Å². The first-order chi connectivity index (χ1) is 14.9. The molecule has 31 heavy (non-hydrogen) atoms. The quantitative estimate of drug-likeness (QED) is 0.357. The first kappa shape index (κ1) is 22.8. The average molecular weight is 435 g/mol. The van der Waals surface area contributed by atoms with Crippen LogP contribution in [-0.2, 0) is 12.3 Å². The maximum absolute atomic E-state index is 12.9. The zero-order chi connectivity index (χ0) is 22.4. The topological polar surface area (TPSA) is 59.8 Å².